The smallest absolute Gasteiger partial charge is 0.319 e. The number of carbonyl (C=O) groups is 2. The number of hydrogen-bond donors (Lipinski definition) is 4. The van der Waals surface area contributed by atoms with Gasteiger partial charge in [0.05, 0.1) is 0 Å². The number of nitrogens with two attached hydrogens (primary N) is 1. The number of rotatable bonds is 8. The summed E-state index contributed by atoms with van der Waals surface area (Å²) in [7, 11) is 0. The summed E-state index contributed by atoms with van der Waals surface area (Å²) in [5, 5.41) is 10.6. The maximum atomic E-state index is 12.8. The molecule has 0 aromatic heterocycles. The Morgan fingerprint density at radius 1 is 0.867 bits per heavy atom. The summed E-state index contributed by atoms with van der Waals surface area (Å²) >= 11 is 0. The molecule has 3 aromatic rings. The Morgan fingerprint density at radius 2 is 1.57 bits per heavy atom. The zero-order chi connectivity index (χ0) is 21.3. The number of anilines is 2. The van der Waals surface area contributed by atoms with Gasteiger partial charge in [-0.2, -0.15) is 0 Å². The molecule has 0 aliphatic rings. The summed E-state index contributed by atoms with van der Waals surface area (Å²) in [6.45, 7) is 2.54. The van der Waals surface area contributed by atoms with E-state index in [1.807, 2.05) is 73.7 Å². The van der Waals surface area contributed by atoms with Gasteiger partial charge in [-0.1, -0.05) is 48.0 Å². The Morgan fingerprint density at radius 3 is 2.30 bits per heavy atom. The highest BCUT2D eigenvalue weighted by molar-refractivity contribution is 6.00. The third-order valence-corrected chi connectivity index (χ3v) is 4.90. The van der Waals surface area contributed by atoms with Crippen molar-refractivity contribution in [3.05, 3.63) is 72.3 Å². The summed E-state index contributed by atoms with van der Waals surface area (Å²) in [4.78, 5) is 25.3. The Bertz CT molecular complexity index is 1000. The molecule has 5 N–H and O–H groups in total. The fourth-order valence-corrected chi connectivity index (χ4v) is 3.22. The van der Waals surface area contributed by atoms with E-state index >= 15 is 0 Å². The van der Waals surface area contributed by atoms with Crippen LogP contribution in [0.25, 0.3) is 10.8 Å². The number of unbranched alkanes of at least 4 members (excludes halogenated alkanes) is 1. The molecule has 6 heteroatoms. The summed E-state index contributed by atoms with van der Waals surface area (Å²) in [5.74, 6) is -0.246. The van der Waals surface area contributed by atoms with Gasteiger partial charge in [-0.05, 0) is 67.8 Å². The number of urea groups is 1. The molecule has 0 radical (unpaired) electrons. The average Bonchev–Trinajstić information content (AvgIpc) is 2.74. The van der Waals surface area contributed by atoms with Crippen molar-refractivity contribution in [3.63, 3.8) is 0 Å². The van der Waals surface area contributed by atoms with Gasteiger partial charge in [-0.15, -0.1) is 0 Å². The predicted molar refractivity (Wildman–Crippen MR) is 123 cm³/mol. The Labute approximate surface area is 176 Å². The highest BCUT2D eigenvalue weighted by atomic mass is 16.2. The number of aryl methyl sites for hydroxylation is 1. The highest BCUT2D eigenvalue weighted by Crippen LogP contribution is 2.19. The summed E-state index contributed by atoms with van der Waals surface area (Å²) in [6, 6.07) is 20.1. The quantitative estimate of drug-likeness (QED) is 0.419. The molecule has 1 atom stereocenters. The molecule has 156 valence electrons. The van der Waals surface area contributed by atoms with E-state index in [0.29, 0.717) is 24.3 Å². The summed E-state index contributed by atoms with van der Waals surface area (Å²) in [6.07, 6.45) is 2.06. The van der Waals surface area contributed by atoms with Crippen LogP contribution < -0.4 is 21.7 Å². The Kier molecular flexibility index (Phi) is 7.40. The number of amides is 3. The van der Waals surface area contributed by atoms with Crippen molar-refractivity contribution in [2.45, 2.75) is 32.2 Å². The first-order valence-corrected chi connectivity index (χ1v) is 10.2. The third kappa shape index (κ3) is 6.06. The van der Waals surface area contributed by atoms with Crippen molar-refractivity contribution in [2.75, 3.05) is 17.2 Å². The SMILES string of the molecule is Cc1ccc(NC(=O)[C@H](CCCCN)NC(=O)Nc2ccc3ccccc3c2)cc1. The Balaban J connectivity index is 1.65. The van der Waals surface area contributed by atoms with E-state index in [-0.39, 0.29) is 5.91 Å². The zero-order valence-electron chi connectivity index (χ0n) is 17.2. The van der Waals surface area contributed by atoms with Gasteiger partial charge in [0.1, 0.15) is 6.04 Å². The van der Waals surface area contributed by atoms with Crippen LogP contribution in [0.5, 0.6) is 0 Å². The first-order chi connectivity index (χ1) is 14.5. The maximum absolute atomic E-state index is 12.8. The minimum Gasteiger partial charge on any atom is -0.330 e. The van der Waals surface area contributed by atoms with Crippen LogP contribution in [-0.2, 0) is 4.79 Å². The second kappa shape index (κ2) is 10.4. The molecule has 0 aliphatic heterocycles. The minimum absolute atomic E-state index is 0.246. The van der Waals surface area contributed by atoms with Crippen molar-refractivity contribution in [2.24, 2.45) is 5.73 Å². The second-order valence-electron chi connectivity index (χ2n) is 7.35. The van der Waals surface area contributed by atoms with Crippen LogP contribution in [0.1, 0.15) is 24.8 Å². The van der Waals surface area contributed by atoms with E-state index < -0.39 is 12.1 Å². The van der Waals surface area contributed by atoms with E-state index in [1.165, 1.54) is 0 Å². The lowest BCUT2D eigenvalue weighted by molar-refractivity contribution is -0.118. The Hall–Kier alpha value is -3.38. The highest BCUT2D eigenvalue weighted by Gasteiger charge is 2.20. The summed E-state index contributed by atoms with van der Waals surface area (Å²) in [5.41, 5.74) is 8.06. The number of benzene rings is 3. The van der Waals surface area contributed by atoms with Crippen LogP contribution >= 0.6 is 0 Å². The topological polar surface area (TPSA) is 96.2 Å². The molecule has 0 saturated heterocycles. The molecule has 30 heavy (non-hydrogen) atoms. The third-order valence-electron chi connectivity index (χ3n) is 4.90. The molecule has 0 saturated carbocycles. The lowest BCUT2D eigenvalue weighted by Gasteiger charge is -2.19. The van der Waals surface area contributed by atoms with Gasteiger partial charge in [0.25, 0.3) is 0 Å². The molecule has 0 fully saturated rings. The number of carbonyl (C=O) groups excluding carboxylic acids is 2. The first kappa shape index (κ1) is 21.3. The van der Waals surface area contributed by atoms with E-state index in [1.54, 1.807) is 0 Å². The van der Waals surface area contributed by atoms with Crippen LogP contribution in [0.15, 0.2) is 66.7 Å². The predicted octanol–water partition coefficient (Wildman–Crippen LogP) is 4.41. The monoisotopic (exact) mass is 404 g/mol. The van der Waals surface area contributed by atoms with Gasteiger partial charge in [0, 0.05) is 11.4 Å². The maximum Gasteiger partial charge on any atom is 0.319 e. The zero-order valence-corrected chi connectivity index (χ0v) is 17.2. The number of nitrogens with one attached hydrogen (secondary N) is 3. The lowest BCUT2D eigenvalue weighted by atomic mass is 10.1. The molecule has 0 unspecified atom stereocenters. The molecule has 3 amide bonds. The van der Waals surface area contributed by atoms with E-state index in [2.05, 4.69) is 16.0 Å². The molecule has 3 rings (SSSR count). The van der Waals surface area contributed by atoms with Crippen LogP contribution in [0.3, 0.4) is 0 Å². The normalized spacial score (nSPS) is 11.7. The van der Waals surface area contributed by atoms with E-state index in [0.717, 1.165) is 29.2 Å². The molecule has 0 aliphatic carbocycles. The van der Waals surface area contributed by atoms with Gasteiger partial charge >= 0.3 is 6.03 Å². The van der Waals surface area contributed by atoms with Gasteiger partial charge in [0.15, 0.2) is 0 Å². The van der Waals surface area contributed by atoms with Gasteiger partial charge < -0.3 is 21.7 Å². The van der Waals surface area contributed by atoms with E-state index in [4.69, 9.17) is 5.73 Å². The first-order valence-electron chi connectivity index (χ1n) is 10.2. The van der Waals surface area contributed by atoms with Gasteiger partial charge in [-0.25, -0.2) is 4.79 Å². The van der Waals surface area contributed by atoms with Crippen LogP contribution in [-0.4, -0.2) is 24.5 Å². The molecule has 0 heterocycles. The molecular weight excluding hydrogens is 376 g/mol. The van der Waals surface area contributed by atoms with Crippen LogP contribution in [0.4, 0.5) is 16.2 Å². The van der Waals surface area contributed by atoms with Crippen LogP contribution in [0, 0.1) is 6.92 Å². The van der Waals surface area contributed by atoms with Gasteiger partial charge in [0.2, 0.25) is 5.91 Å². The van der Waals surface area contributed by atoms with Crippen molar-refractivity contribution >= 4 is 34.1 Å². The number of hydrogen-bond acceptors (Lipinski definition) is 3. The molecule has 6 nitrogen and oxygen atoms in total. The number of fused-ring (bicyclic) bond motifs is 1. The standard InChI is InChI=1S/C24H28N4O2/c1-17-9-12-20(13-10-17)26-23(29)22(8-4-5-15-25)28-24(30)27-21-14-11-18-6-2-3-7-19(18)16-21/h2-3,6-7,9-14,16,22H,4-5,8,15,25H2,1H3,(H,26,29)(H2,27,28,30)/t22-/m0/s1. The van der Waals surface area contributed by atoms with Crippen molar-refractivity contribution in [1.29, 1.82) is 0 Å². The van der Waals surface area contributed by atoms with Crippen LogP contribution in [0.2, 0.25) is 0 Å². The molecule has 3 aromatic carbocycles. The molecule has 0 spiro atoms. The minimum atomic E-state index is -0.654. The molecule has 0 bridgehead atoms. The van der Waals surface area contributed by atoms with Crippen molar-refractivity contribution in [3.8, 4) is 0 Å². The fraction of sp³-hybridized carbons (Fsp3) is 0.250. The second-order valence-corrected chi connectivity index (χ2v) is 7.35. The lowest BCUT2D eigenvalue weighted by Crippen LogP contribution is -2.45. The van der Waals surface area contributed by atoms with Crippen molar-refractivity contribution < 1.29 is 9.59 Å². The largest absolute Gasteiger partial charge is 0.330 e. The molecular formula is C24H28N4O2. The van der Waals surface area contributed by atoms with Gasteiger partial charge in [-0.3, -0.25) is 4.79 Å². The van der Waals surface area contributed by atoms with E-state index in [9.17, 15) is 9.59 Å². The fourth-order valence-electron chi connectivity index (χ4n) is 3.22. The average molecular weight is 405 g/mol. The van der Waals surface area contributed by atoms with Crippen molar-refractivity contribution in [1.82, 2.24) is 5.32 Å². The summed E-state index contributed by atoms with van der Waals surface area (Å²) < 4.78 is 0.